The van der Waals surface area contributed by atoms with Crippen LogP contribution in [0, 0.1) is 11.8 Å². The van der Waals surface area contributed by atoms with E-state index in [4.69, 9.17) is 14.2 Å². The number of fused-ring (bicyclic) bond motifs is 1. The summed E-state index contributed by atoms with van der Waals surface area (Å²) in [6.45, 7) is 11.6. The highest BCUT2D eigenvalue weighted by Crippen LogP contribution is 2.58. The van der Waals surface area contributed by atoms with Gasteiger partial charge in [0.25, 0.3) is 0 Å². The number of nitrogens with zero attached hydrogens (tertiary/aromatic N) is 3. The summed E-state index contributed by atoms with van der Waals surface area (Å²) in [6.07, 6.45) is 3.76. The molecule has 0 saturated carbocycles. The second kappa shape index (κ2) is 10.6. The Morgan fingerprint density at radius 3 is 2.68 bits per heavy atom. The molecule has 10 heteroatoms. The maximum absolute atomic E-state index is 14.0. The molecule has 5 atom stereocenters. The number of rotatable bonds is 11. The third-order valence-corrected chi connectivity index (χ3v) is 7.44. The van der Waals surface area contributed by atoms with E-state index >= 15 is 0 Å². The second-order valence-corrected chi connectivity index (χ2v) is 9.26. The first kappa shape index (κ1) is 24.8. The van der Waals surface area contributed by atoms with Gasteiger partial charge in [-0.05, 0) is 12.8 Å². The average Bonchev–Trinajstić information content (AvgIpc) is 3.48. The summed E-state index contributed by atoms with van der Waals surface area (Å²) in [6, 6.07) is -0.899. The molecule has 4 heterocycles. The Bertz CT molecular complexity index is 814. The Morgan fingerprint density at radius 1 is 1.24 bits per heavy atom. The van der Waals surface area contributed by atoms with Crippen LogP contribution in [-0.2, 0) is 28.6 Å². The number of β-amino-alcohol motifs (C(OH)–C–C–N with tert-alkyl or cyclic N) is 1. The molecule has 34 heavy (non-hydrogen) atoms. The molecule has 0 aliphatic carbocycles. The molecular weight excluding hydrogens is 442 g/mol. The molecule has 188 valence electrons. The quantitative estimate of drug-likeness (QED) is 0.311. The van der Waals surface area contributed by atoms with Gasteiger partial charge < -0.3 is 29.1 Å². The van der Waals surface area contributed by atoms with Crippen LogP contribution < -0.4 is 0 Å². The number of aliphatic hydroxyl groups excluding tert-OH is 1. The smallest absolute Gasteiger partial charge is 0.312 e. The van der Waals surface area contributed by atoms with Crippen molar-refractivity contribution in [2.75, 3.05) is 65.7 Å². The maximum atomic E-state index is 14.0. The molecule has 0 aromatic rings. The van der Waals surface area contributed by atoms with Gasteiger partial charge in [-0.1, -0.05) is 18.7 Å². The van der Waals surface area contributed by atoms with Crippen LogP contribution in [0.15, 0.2) is 25.3 Å². The van der Waals surface area contributed by atoms with Crippen molar-refractivity contribution in [1.29, 1.82) is 0 Å². The van der Waals surface area contributed by atoms with Crippen molar-refractivity contribution in [1.82, 2.24) is 14.7 Å². The number of esters is 1. The van der Waals surface area contributed by atoms with E-state index in [1.807, 2.05) is 0 Å². The number of ether oxygens (including phenoxy) is 3. The minimum absolute atomic E-state index is 0.00132. The first-order valence-corrected chi connectivity index (χ1v) is 12.0. The van der Waals surface area contributed by atoms with Gasteiger partial charge in [0, 0.05) is 39.3 Å². The molecule has 4 rings (SSSR count). The van der Waals surface area contributed by atoms with E-state index in [0.717, 1.165) is 13.1 Å². The van der Waals surface area contributed by atoms with Gasteiger partial charge in [0.2, 0.25) is 11.8 Å². The lowest BCUT2D eigenvalue weighted by atomic mass is 9.70. The summed E-state index contributed by atoms with van der Waals surface area (Å²) >= 11 is 0. The molecule has 2 unspecified atom stereocenters. The Balaban J connectivity index is 1.59. The zero-order valence-corrected chi connectivity index (χ0v) is 19.6. The fourth-order valence-electron chi connectivity index (χ4n) is 5.99. The predicted octanol–water partition coefficient (Wildman–Crippen LogP) is -0.571. The van der Waals surface area contributed by atoms with Crippen LogP contribution in [0.3, 0.4) is 0 Å². The Labute approximate surface area is 200 Å². The van der Waals surface area contributed by atoms with Crippen molar-refractivity contribution in [2.24, 2.45) is 11.8 Å². The molecule has 1 N–H and O–H groups in total. The number of likely N-dealkylation sites (tertiary alicyclic amines) is 1. The summed E-state index contributed by atoms with van der Waals surface area (Å²) in [5.74, 6) is -2.63. The standard InChI is InChI=1S/C24H35N3O7/c1-3-7-26(9-8-25-11-15-32-16-12-25)22(30)20-24-6-5-17(34-24)18(23(31)33-14-4-2)19(24)21(29)27(20)10-13-28/h3-4,17-20,28H,1-2,5-16H2/t17-,18+,19-,20?,24?/m0/s1. The lowest BCUT2D eigenvalue weighted by Crippen LogP contribution is -2.57. The monoisotopic (exact) mass is 477 g/mol. The minimum atomic E-state index is -1.09. The van der Waals surface area contributed by atoms with E-state index in [1.165, 1.54) is 11.0 Å². The molecule has 1 spiro atoms. The number of carbonyl (C=O) groups is 3. The largest absolute Gasteiger partial charge is 0.461 e. The van der Waals surface area contributed by atoms with Crippen molar-refractivity contribution in [2.45, 2.75) is 30.6 Å². The van der Waals surface area contributed by atoms with Crippen LogP contribution in [-0.4, -0.2) is 121 Å². The summed E-state index contributed by atoms with van der Waals surface area (Å²) < 4.78 is 17.0. The highest BCUT2D eigenvalue weighted by molar-refractivity contribution is 5.98. The fourth-order valence-corrected chi connectivity index (χ4v) is 5.99. The summed E-state index contributed by atoms with van der Waals surface area (Å²) in [7, 11) is 0. The van der Waals surface area contributed by atoms with E-state index in [-0.39, 0.29) is 31.6 Å². The van der Waals surface area contributed by atoms with E-state index in [2.05, 4.69) is 18.1 Å². The zero-order valence-electron chi connectivity index (χ0n) is 19.6. The Kier molecular flexibility index (Phi) is 7.71. The molecule has 10 nitrogen and oxygen atoms in total. The predicted molar refractivity (Wildman–Crippen MR) is 122 cm³/mol. The molecule has 2 bridgehead atoms. The topological polar surface area (TPSA) is 109 Å². The highest BCUT2D eigenvalue weighted by Gasteiger charge is 2.75. The first-order valence-electron chi connectivity index (χ1n) is 12.0. The number of aliphatic hydroxyl groups is 1. The molecule has 0 aromatic heterocycles. The summed E-state index contributed by atoms with van der Waals surface area (Å²) in [4.78, 5) is 45.7. The van der Waals surface area contributed by atoms with Crippen LogP contribution >= 0.6 is 0 Å². The first-order chi connectivity index (χ1) is 16.5. The third kappa shape index (κ3) is 4.28. The molecular formula is C24H35N3O7. The Morgan fingerprint density at radius 2 is 2.00 bits per heavy atom. The summed E-state index contributed by atoms with van der Waals surface area (Å²) in [5, 5.41) is 9.68. The minimum Gasteiger partial charge on any atom is -0.461 e. The van der Waals surface area contributed by atoms with Crippen molar-refractivity contribution in [3.05, 3.63) is 25.3 Å². The van der Waals surface area contributed by atoms with Crippen LogP contribution in [0.1, 0.15) is 12.8 Å². The normalized spacial score (nSPS) is 32.5. The van der Waals surface area contributed by atoms with Gasteiger partial charge in [-0.25, -0.2) is 0 Å². The molecule has 0 radical (unpaired) electrons. The van der Waals surface area contributed by atoms with Gasteiger partial charge in [-0.15, -0.1) is 6.58 Å². The third-order valence-electron chi connectivity index (χ3n) is 7.44. The van der Waals surface area contributed by atoms with E-state index in [1.54, 1.807) is 11.0 Å². The zero-order chi connectivity index (χ0) is 24.3. The van der Waals surface area contributed by atoms with Crippen LogP contribution in [0.5, 0.6) is 0 Å². The van der Waals surface area contributed by atoms with Gasteiger partial charge in [-0.3, -0.25) is 19.3 Å². The van der Waals surface area contributed by atoms with Crippen LogP contribution in [0.2, 0.25) is 0 Å². The van der Waals surface area contributed by atoms with Gasteiger partial charge in [0.15, 0.2) is 0 Å². The van der Waals surface area contributed by atoms with Crippen molar-refractivity contribution in [3.63, 3.8) is 0 Å². The van der Waals surface area contributed by atoms with Crippen molar-refractivity contribution >= 4 is 17.8 Å². The van der Waals surface area contributed by atoms with Gasteiger partial charge in [-0.2, -0.15) is 0 Å². The Hall–Kier alpha value is -2.27. The second-order valence-electron chi connectivity index (χ2n) is 9.26. The highest BCUT2D eigenvalue weighted by atomic mass is 16.6. The van der Waals surface area contributed by atoms with Crippen molar-refractivity contribution < 1.29 is 33.7 Å². The number of amides is 2. The molecule has 0 aromatic carbocycles. The molecule has 4 saturated heterocycles. The maximum Gasteiger partial charge on any atom is 0.312 e. The fraction of sp³-hybridized carbons (Fsp3) is 0.708. The number of hydrogen-bond donors (Lipinski definition) is 1. The number of carbonyl (C=O) groups excluding carboxylic acids is 3. The molecule has 4 aliphatic rings. The van der Waals surface area contributed by atoms with Gasteiger partial charge in [0.05, 0.1) is 37.8 Å². The number of morpholine rings is 1. The van der Waals surface area contributed by atoms with E-state index in [9.17, 15) is 19.5 Å². The molecule has 4 fully saturated rings. The molecule has 4 aliphatic heterocycles. The molecule has 2 amide bonds. The van der Waals surface area contributed by atoms with Crippen molar-refractivity contribution in [3.8, 4) is 0 Å². The average molecular weight is 478 g/mol. The van der Waals surface area contributed by atoms with Gasteiger partial charge >= 0.3 is 5.97 Å². The van der Waals surface area contributed by atoms with E-state index in [0.29, 0.717) is 45.7 Å². The summed E-state index contributed by atoms with van der Waals surface area (Å²) in [5.41, 5.74) is -1.09. The van der Waals surface area contributed by atoms with E-state index < -0.39 is 35.6 Å². The SMILES string of the molecule is C=CCOC(=O)[C@@H]1[C@@H]2CCC3(O2)C(C(=O)N(CC=C)CCN2CCOCC2)N(CCO)C(=O)[C@H]13. The lowest BCUT2D eigenvalue weighted by molar-refractivity contribution is -0.154. The van der Waals surface area contributed by atoms with Crippen LogP contribution in [0.25, 0.3) is 0 Å². The number of hydrogen-bond acceptors (Lipinski definition) is 8. The lowest BCUT2D eigenvalue weighted by Gasteiger charge is -2.37. The van der Waals surface area contributed by atoms with Crippen LogP contribution in [0.4, 0.5) is 0 Å². The van der Waals surface area contributed by atoms with Gasteiger partial charge in [0.1, 0.15) is 18.2 Å².